The Morgan fingerprint density at radius 1 is 1.31 bits per heavy atom. The van der Waals surface area contributed by atoms with Crippen LogP contribution in [0.15, 0.2) is 0 Å². The van der Waals surface area contributed by atoms with Gasteiger partial charge in [0.15, 0.2) is 0 Å². The monoisotopic (exact) mass is 249 g/mol. The molecule has 1 aliphatic carbocycles. The van der Waals surface area contributed by atoms with Gasteiger partial charge in [0.2, 0.25) is 10.0 Å². The van der Waals surface area contributed by atoms with Crippen LogP contribution in [0.4, 0.5) is 0 Å². The van der Waals surface area contributed by atoms with E-state index in [0.29, 0.717) is 6.42 Å². The zero-order chi connectivity index (χ0) is 12.0. The second-order valence-electron chi connectivity index (χ2n) is 4.54. The van der Waals surface area contributed by atoms with Crippen molar-refractivity contribution in [3.05, 3.63) is 0 Å². The molecule has 0 saturated heterocycles. The van der Waals surface area contributed by atoms with Crippen LogP contribution in [0.2, 0.25) is 0 Å². The van der Waals surface area contributed by atoms with Crippen molar-refractivity contribution in [1.82, 2.24) is 4.72 Å². The summed E-state index contributed by atoms with van der Waals surface area (Å²) in [4.78, 5) is 0. The first kappa shape index (κ1) is 13.9. The summed E-state index contributed by atoms with van der Waals surface area (Å²) in [7, 11) is -3.18. The normalized spacial score (nSPS) is 20.9. The molecule has 0 aromatic heterocycles. The Hall–Kier alpha value is -0.130. The van der Waals surface area contributed by atoms with Gasteiger partial charge in [-0.2, -0.15) is 0 Å². The first-order valence-corrected chi connectivity index (χ1v) is 7.76. The van der Waals surface area contributed by atoms with Gasteiger partial charge in [-0.05, 0) is 25.7 Å². The van der Waals surface area contributed by atoms with Crippen LogP contribution in [0, 0.1) is 0 Å². The van der Waals surface area contributed by atoms with E-state index >= 15 is 0 Å². The van der Waals surface area contributed by atoms with Gasteiger partial charge in [-0.25, -0.2) is 13.1 Å². The van der Waals surface area contributed by atoms with Gasteiger partial charge < -0.3 is 5.11 Å². The fourth-order valence-electron chi connectivity index (χ4n) is 2.21. The predicted molar refractivity (Wildman–Crippen MR) is 64.7 cm³/mol. The Balaban J connectivity index is 2.54. The van der Waals surface area contributed by atoms with Crippen molar-refractivity contribution < 1.29 is 13.5 Å². The van der Waals surface area contributed by atoms with Crippen LogP contribution >= 0.6 is 0 Å². The number of nitrogens with one attached hydrogen (secondary N) is 1. The highest BCUT2D eigenvalue weighted by atomic mass is 32.2. The molecule has 5 heteroatoms. The van der Waals surface area contributed by atoms with E-state index in [0.717, 1.165) is 38.5 Å². The average Bonchev–Trinajstić information content (AvgIpc) is 2.29. The molecule has 96 valence electrons. The largest absolute Gasteiger partial charge is 0.396 e. The molecule has 1 fully saturated rings. The Morgan fingerprint density at radius 2 is 1.94 bits per heavy atom. The third kappa shape index (κ3) is 4.03. The molecule has 0 aromatic carbocycles. The Labute approximate surface area is 98.5 Å². The predicted octanol–water partition coefficient (Wildman–Crippen LogP) is 1.40. The summed E-state index contributed by atoms with van der Waals surface area (Å²) in [5.74, 6) is 0. The maximum absolute atomic E-state index is 12.0. The lowest BCUT2D eigenvalue weighted by molar-refractivity contribution is 0.270. The molecular weight excluding hydrogens is 226 g/mol. The number of hydrogen-bond donors (Lipinski definition) is 2. The molecule has 4 nitrogen and oxygen atoms in total. The number of hydrogen-bond acceptors (Lipinski definition) is 3. The smallest absolute Gasteiger partial charge is 0.214 e. The highest BCUT2D eigenvalue weighted by Gasteiger charge is 2.28. The Kier molecular flexibility index (Phi) is 5.72. The van der Waals surface area contributed by atoms with Gasteiger partial charge in [0.05, 0.1) is 5.25 Å². The van der Waals surface area contributed by atoms with Gasteiger partial charge in [0.1, 0.15) is 0 Å². The molecule has 1 saturated carbocycles. The van der Waals surface area contributed by atoms with E-state index in [-0.39, 0.29) is 17.9 Å². The second kappa shape index (κ2) is 6.57. The molecule has 1 aliphatic rings. The van der Waals surface area contributed by atoms with Crippen LogP contribution in [0.5, 0.6) is 0 Å². The summed E-state index contributed by atoms with van der Waals surface area (Å²) in [6.45, 7) is 1.97. The molecule has 0 bridgehead atoms. The minimum absolute atomic E-state index is 0.0334. The van der Waals surface area contributed by atoms with Crippen molar-refractivity contribution >= 4 is 10.0 Å². The molecule has 0 spiro atoms. The third-order valence-electron chi connectivity index (χ3n) is 3.29. The molecule has 0 heterocycles. The van der Waals surface area contributed by atoms with E-state index in [4.69, 9.17) is 5.11 Å². The van der Waals surface area contributed by atoms with Gasteiger partial charge in [-0.1, -0.05) is 26.2 Å². The van der Waals surface area contributed by atoms with Gasteiger partial charge >= 0.3 is 0 Å². The summed E-state index contributed by atoms with van der Waals surface area (Å²) >= 11 is 0. The van der Waals surface area contributed by atoms with Crippen LogP contribution in [-0.4, -0.2) is 31.4 Å². The van der Waals surface area contributed by atoms with Crippen LogP contribution in [0.1, 0.15) is 51.9 Å². The van der Waals surface area contributed by atoms with E-state index in [2.05, 4.69) is 4.72 Å². The van der Waals surface area contributed by atoms with Crippen LogP contribution in [-0.2, 0) is 10.0 Å². The van der Waals surface area contributed by atoms with E-state index in [1.165, 1.54) is 0 Å². The number of rotatable bonds is 6. The van der Waals surface area contributed by atoms with Crippen molar-refractivity contribution in [1.29, 1.82) is 0 Å². The molecular formula is C11H23NO3S. The maximum atomic E-state index is 12.0. The number of sulfonamides is 1. The molecule has 0 radical (unpaired) electrons. The van der Waals surface area contributed by atoms with Gasteiger partial charge in [-0.15, -0.1) is 0 Å². The first-order valence-electron chi connectivity index (χ1n) is 6.22. The molecule has 1 unspecified atom stereocenters. The fourth-order valence-corrected chi connectivity index (χ4v) is 4.10. The lowest BCUT2D eigenvalue weighted by Gasteiger charge is -2.25. The summed E-state index contributed by atoms with van der Waals surface area (Å²) in [5, 5.41) is 8.63. The minimum Gasteiger partial charge on any atom is -0.396 e. The molecule has 2 N–H and O–H groups in total. The molecule has 1 atom stereocenters. The van der Waals surface area contributed by atoms with Crippen molar-refractivity contribution in [2.45, 2.75) is 63.2 Å². The number of aliphatic hydroxyl groups excluding tert-OH is 1. The SMILES string of the molecule is CCC(CCO)NS(=O)(=O)C1CCCCC1. The highest BCUT2D eigenvalue weighted by molar-refractivity contribution is 7.90. The Bertz CT molecular complexity index is 284. The number of aliphatic hydroxyl groups is 1. The van der Waals surface area contributed by atoms with Gasteiger partial charge in [0.25, 0.3) is 0 Å². The molecule has 1 rings (SSSR count). The summed E-state index contributed by atoms with van der Waals surface area (Å²) in [6, 6.07) is -0.114. The van der Waals surface area contributed by atoms with Crippen molar-refractivity contribution in [2.24, 2.45) is 0 Å². The van der Waals surface area contributed by atoms with Crippen molar-refractivity contribution in [2.75, 3.05) is 6.61 Å². The zero-order valence-electron chi connectivity index (χ0n) is 9.98. The zero-order valence-corrected chi connectivity index (χ0v) is 10.8. The lowest BCUT2D eigenvalue weighted by Crippen LogP contribution is -2.41. The molecule has 0 aliphatic heterocycles. The van der Waals surface area contributed by atoms with E-state index in [9.17, 15) is 8.42 Å². The topological polar surface area (TPSA) is 66.4 Å². The van der Waals surface area contributed by atoms with Gasteiger partial charge in [0, 0.05) is 12.6 Å². The van der Waals surface area contributed by atoms with E-state index < -0.39 is 10.0 Å². The van der Waals surface area contributed by atoms with E-state index in [1.807, 2.05) is 6.92 Å². The van der Waals surface area contributed by atoms with Crippen LogP contribution < -0.4 is 4.72 Å². The summed E-state index contributed by atoms with van der Waals surface area (Å²) < 4.78 is 26.8. The Morgan fingerprint density at radius 3 is 2.44 bits per heavy atom. The highest BCUT2D eigenvalue weighted by Crippen LogP contribution is 2.23. The molecule has 0 aromatic rings. The third-order valence-corrected chi connectivity index (χ3v) is 5.30. The van der Waals surface area contributed by atoms with Crippen LogP contribution in [0.3, 0.4) is 0 Å². The first-order chi connectivity index (χ1) is 7.60. The lowest BCUT2D eigenvalue weighted by atomic mass is 10.0. The molecule has 0 amide bonds. The molecule has 16 heavy (non-hydrogen) atoms. The average molecular weight is 249 g/mol. The van der Waals surface area contributed by atoms with Crippen LogP contribution in [0.25, 0.3) is 0 Å². The fraction of sp³-hybridized carbons (Fsp3) is 1.00. The summed E-state index contributed by atoms with van der Waals surface area (Å²) in [6.07, 6.45) is 5.98. The second-order valence-corrected chi connectivity index (χ2v) is 6.53. The maximum Gasteiger partial charge on any atom is 0.214 e. The standard InChI is InChI=1S/C11H23NO3S/c1-2-10(8-9-13)12-16(14,15)11-6-4-3-5-7-11/h10-13H,2-9H2,1H3. The van der Waals surface area contributed by atoms with Crippen molar-refractivity contribution in [3.63, 3.8) is 0 Å². The quantitative estimate of drug-likeness (QED) is 0.748. The van der Waals surface area contributed by atoms with E-state index in [1.54, 1.807) is 0 Å². The summed E-state index contributed by atoms with van der Waals surface area (Å²) in [5.41, 5.74) is 0. The van der Waals surface area contributed by atoms with Gasteiger partial charge in [-0.3, -0.25) is 0 Å². The van der Waals surface area contributed by atoms with Crippen molar-refractivity contribution in [3.8, 4) is 0 Å². The minimum atomic E-state index is -3.18.